The quantitative estimate of drug-likeness (QED) is 0.442. The van der Waals surface area contributed by atoms with E-state index in [1.54, 1.807) is 18.2 Å². The average Bonchev–Trinajstić information content (AvgIpc) is 2.61. The summed E-state index contributed by atoms with van der Waals surface area (Å²) in [5.41, 5.74) is 1.85. The van der Waals surface area contributed by atoms with Gasteiger partial charge in [0.05, 0.1) is 20.7 Å². The summed E-state index contributed by atoms with van der Waals surface area (Å²) in [4.78, 5) is 19.0. The lowest BCUT2D eigenvalue weighted by molar-refractivity contribution is -0.383. The van der Waals surface area contributed by atoms with Crippen LogP contribution in [0.15, 0.2) is 48.8 Å². The Hall–Kier alpha value is -2.90. The molecule has 0 bridgehead atoms. The van der Waals surface area contributed by atoms with E-state index in [0.717, 1.165) is 5.56 Å². The summed E-state index contributed by atoms with van der Waals surface area (Å²) >= 11 is 12.1. The van der Waals surface area contributed by atoms with Gasteiger partial charge in [-0.3, -0.25) is 10.1 Å². The van der Waals surface area contributed by atoms with Crippen LogP contribution in [-0.2, 0) is 0 Å². The second-order valence-corrected chi connectivity index (χ2v) is 6.18. The molecule has 3 aromatic rings. The first kappa shape index (κ1) is 17.9. The van der Waals surface area contributed by atoms with E-state index in [0.29, 0.717) is 16.4 Å². The van der Waals surface area contributed by atoms with Crippen LogP contribution in [0.25, 0.3) is 0 Å². The number of nitrogens with zero attached hydrogens (tertiary/aromatic N) is 3. The van der Waals surface area contributed by atoms with E-state index in [4.69, 9.17) is 23.2 Å². The van der Waals surface area contributed by atoms with Gasteiger partial charge < -0.3 is 10.6 Å². The molecule has 2 N–H and O–H groups in total. The number of benzene rings is 2. The number of anilines is 4. The van der Waals surface area contributed by atoms with Crippen molar-refractivity contribution in [3.05, 3.63) is 74.5 Å². The number of rotatable bonds is 5. The second-order valence-electron chi connectivity index (χ2n) is 5.39. The fourth-order valence-electron chi connectivity index (χ4n) is 2.24. The van der Waals surface area contributed by atoms with E-state index in [1.165, 1.54) is 6.33 Å². The van der Waals surface area contributed by atoms with Crippen molar-refractivity contribution in [3.63, 3.8) is 0 Å². The summed E-state index contributed by atoms with van der Waals surface area (Å²) in [6.07, 6.45) is 1.23. The van der Waals surface area contributed by atoms with Crippen molar-refractivity contribution in [2.45, 2.75) is 6.92 Å². The Balaban J connectivity index is 1.99. The molecule has 1 aromatic heterocycles. The highest BCUT2D eigenvalue weighted by Gasteiger charge is 2.24. The number of hydrogen-bond acceptors (Lipinski definition) is 6. The van der Waals surface area contributed by atoms with Gasteiger partial charge in [-0.1, -0.05) is 47.0 Å². The van der Waals surface area contributed by atoms with Crippen LogP contribution in [-0.4, -0.2) is 14.9 Å². The van der Waals surface area contributed by atoms with Crippen LogP contribution in [0.5, 0.6) is 0 Å². The summed E-state index contributed by atoms with van der Waals surface area (Å²) < 4.78 is 0. The molecule has 0 atom stereocenters. The van der Waals surface area contributed by atoms with Gasteiger partial charge in [0, 0.05) is 5.69 Å². The zero-order valence-electron chi connectivity index (χ0n) is 13.5. The van der Waals surface area contributed by atoms with Crippen LogP contribution in [0.2, 0.25) is 10.0 Å². The van der Waals surface area contributed by atoms with E-state index >= 15 is 0 Å². The molecular formula is C17H13Cl2N5O2. The molecule has 3 rings (SSSR count). The molecule has 0 aliphatic rings. The van der Waals surface area contributed by atoms with Gasteiger partial charge in [-0.2, -0.15) is 0 Å². The second kappa shape index (κ2) is 7.55. The zero-order valence-corrected chi connectivity index (χ0v) is 15.0. The van der Waals surface area contributed by atoms with Crippen LogP contribution < -0.4 is 10.6 Å². The van der Waals surface area contributed by atoms with Crippen molar-refractivity contribution >= 4 is 51.9 Å². The first-order chi connectivity index (χ1) is 12.5. The van der Waals surface area contributed by atoms with Crippen molar-refractivity contribution in [2.24, 2.45) is 0 Å². The third kappa shape index (κ3) is 3.84. The molecule has 9 heteroatoms. The number of aryl methyl sites for hydroxylation is 1. The molecule has 2 aromatic carbocycles. The molecule has 0 amide bonds. The minimum Gasteiger partial charge on any atom is -0.334 e. The van der Waals surface area contributed by atoms with E-state index in [2.05, 4.69) is 20.6 Å². The Labute approximate surface area is 159 Å². The lowest BCUT2D eigenvalue weighted by Crippen LogP contribution is -2.05. The number of aromatic nitrogens is 2. The standard InChI is InChI=1S/C17H13Cl2N5O2/c1-10-5-7-11(8-6-10)22-16-15(24(25)26)17(21-9-20-16)23-13-4-2-3-12(18)14(13)19/h2-9H,1H3,(H2,20,21,22,23). The minimum atomic E-state index is -0.558. The van der Waals surface area contributed by atoms with Gasteiger partial charge >= 0.3 is 5.69 Å². The van der Waals surface area contributed by atoms with E-state index in [1.807, 2.05) is 31.2 Å². The van der Waals surface area contributed by atoms with Crippen molar-refractivity contribution < 1.29 is 4.92 Å². The molecule has 0 radical (unpaired) electrons. The lowest BCUT2D eigenvalue weighted by Gasteiger charge is -2.11. The molecule has 1 heterocycles. The molecule has 26 heavy (non-hydrogen) atoms. The van der Waals surface area contributed by atoms with E-state index < -0.39 is 4.92 Å². The van der Waals surface area contributed by atoms with Crippen molar-refractivity contribution in [2.75, 3.05) is 10.6 Å². The van der Waals surface area contributed by atoms with Crippen LogP contribution in [0.4, 0.5) is 28.7 Å². The van der Waals surface area contributed by atoms with E-state index in [-0.39, 0.29) is 22.3 Å². The first-order valence-corrected chi connectivity index (χ1v) is 8.25. The van der Waals surface area contributed by atoms with Crippen molar-refractivity contribution in [1.82, 2.24) is 9.97 Å². The van der Waals surface area contributed by atoms with Gasteiger partial charge in [-0.25, -0.2) is 9.97 Å². The average molecular weight is 390 g/mol. The molecule has 0 unspecified atom stereocenters. The van der Waals surface area contributed by atoms with Crippen LogP contribution in [0, 0.1) is 17.0 Å². The summed E-state index contributed by atoms with van der Waals surface area (Å²) in [6.45, 7) is 1.95. The maximum absolute atomic E-state index is 11.6. The van der Waals surface area contributed by atoms with Gasteiger partial charge in [0.1, 0.15) is 6.33 Å². The Bertz CT molecular complexity index is 964. The fraction of sp³-hybridized carbons (Fsp3) is 0.0588. The van der Waals surface area contributed by atoms with Crippen molar-refractivity contribution in [1.29, 1.82) is 0 Å². The maximum Gasteiger partial charge on any atom is 0.353 e. The highest BCUT2D eigenvalue weighted by Crippen LogP contribution is 2.36. The Kier molecular flexibility index (Phi) is 5.20. The monoisotopic (exact) mass is 389 g/mol. The van der Waals surface area contributed by atoms with Crippen molar-refractivity contribution in [3.8, 4) is 0 Å². The number of nitro groups is 1. The third-order valence-corrected chi connectivity index (χ3v) is 4.34. The predicted octanol–water partition coefficient (Wildman–Crippen LogP) is 5.49. The minimum absolute atomic E-state index is 0.00350. The largest absolute Gasteiger partial charge is 0.353 e. The number of hydrogen-bond donors (Lipinski definition) is 2. The maximum atomic E-state index is 11.6. The third-order valence-electron chi connectivity index (χ3n) is 3.52. The molecule has 0 spiro atoms. The Morgan fingerprint density at radius 3 is 2.31 bits per heavy atom. The molecule has 0 aliphatic carbocycles. The highest BCUT2D eigenvalue weighted by atomic mass is 35.5. The zero-order chi connectivity index (χ0) is 18.7. The first-order valence-electron chi connectivity index (χ1n) is 7.50. The Morgan fingerprint density at radius 2 is 1.65 bits per heavy atom. The highest BCUT2D eigenvalue weighted by molar-refractivity contribution is 6.43. The topological polar surface area (TPSA) is 93.0 Å². The van der Waals surface area contributed by atoms with Gasteiger partial charge in [0.2, 0.25) is 11.6 Å². The molecule has 0 aliphatic heterocycles. The predicted molar refractivity (Wildman–Crippen MR) is 103 cm³/mol. The van der Waals surface area contributed by atoms with Gasteiger partial charge in [-0.05, 0) is 31.2 Å². The fourth-order valence-corrected chi connectivity index (χ4v) is 2.58. The summed E-state index contributed by atoms with van der Waals surface area (Å²) in [7, 11) is 0. The summed E-state index contributed by atoms with van der Waals surface area (Å²) in [5.74, 6) is 0.0679. The lowest BCUT2D eigenvalue weighted by atomic mass is 10.2. The normalized spacial score (nSPS) is 10.4. The van der Waals surface area contributed by atoms with Gasteiger partial charge in [0.25, 0.3) is 0 Å². The molecule has 0 fully saturated rings. The molecule has 0 saturated carbocycles. The van der Waals surface area contributed by atoms with Crippen LogP contribution in [0.1, 0.15) is 5.56 Å². The molecule has 132 valence electrons. The van der Waals surface area contributed by atoms with Crippen LogP contribution >= 0.6 is 23.2 Å². The van der Waals surface area contributed by atoms with E-state index in [9.17, 15) is 10.1 Å². The molecule has 0 saturated heterocycles. The summed E-state index contributed by atoms with van der Waals surface area (Å²) in [5, 5.41) is 18.0. The molecular weight excluding hydrogens is 377 g/mol. The van der Waals surface area contributed by atoms with Gasteiger partial charge in [-0.15, -0.1) is 0 Å². The van der Waals surface area contributed by atoms with Crippen LogP contribution in [0.3, 0.4) is 0 Å². The smallest absolute Gasteiger partial charge is 0.334 e. The van der Waals surface area contributed by atoms with Gasteiger partial charge in [0.15, 0.2) is 0 Å². The summed E-state index contributed by atoms with van der Waals surface area (Å²) in [6, 6.07) is 12.3. The Morgan fingerprint density at radius 1 is 1.00 bits per heavy atom. The number of nitrogens with one attached hydrogen (secondary N) is 2. The molecule has 7 nitrogen and oxygen atoms in total. The number of halogens is 2. The SMILES string of the molecule is Cc1ccc(Nc2ncnc(Nc3cccc(Cl)c3Cl)c2[N+](=O)[O-])cc1.